The first kappa shape index (κ1) is 16.7. The summed E-state index contributed by atoms with van der Waals surface area (Å²) in [6.07, 6.45) is 0. The van der Waals surface area contributed by atoms with Gasteiger partial charge in [0.1, 0.15) is 23.9 Å². The molecule has 1 N–H and O–H groups in total. The Bertz CT molecular complexity index is 956. The highest BCUT2D eigenvalue weighted by molar-refractivity contribution is 7.13. The number of nitrogens with zero attached hydrogens (tertiary/aromatic N) is 4. The van der Waals surface area contributed by atoms with Crippen LogP contribution in [0.15, 0.2) is 28.1 Å². The van der Waals surface area contributed by atoms with Crippen molar-refractivity contribution in [3.63, 3.8) is 0 Å². The molecule has 27 heavy (non-hydrogen) atoms. The van der Waals surface area contributed by atoms with E-state index in [9.17, 15) is 0 Å². The number of ether oxygens (including phenoxy) is 2. The number of hydrogen-bond acceptors (Lipinski definition) is 9. The zero-order chi connectivity index (χ0) is 18.2. The SMILES string of the molecule is CN1CCNCC1c1noc(-c2csc(-c3ccc4c(c3)OCCO4)n2)n1. The van der Waals surface area contributed by atoms with Gasteiger partial charge in [-0.3, -0.25) is 4.90 Å². The summed E-state index contributed by atoms with van der Waals surface area (Å²) in [4.78, 5) is 11.5. The van der Waals surface area contributed by atoms with Crippen molar-refractivity contribution in [1.29, 1.82) is 0 Å². The monoisotopic (exact) mass is 385 g/mol. The largest absolute Gasteiger partial charge is 0.486 e. The van der Waals surface area contributed by atoms with Gasteiger partial charge in [-0.25, -0.2) is 4.98 Å². The molecule has 4 heterocycles. The Balaban J connectivity index is 1.39. The molecule has 9 heteroatoms. The van der Waals surface area contributed by atoms with Crippen molar-refractivity contribution in [2.24, 2.45) is 0 Å². The molecular formula is C18H19N5O3S. The maximum atomic E-state index is 5.66. The van der Waals surface area contributed by atoms with Gasteiger partial charge >= 0.3 is 0 Å². The van der Waals surface area contributed by atoms with Crippen molar-refractivity contribution in [2.45, 2.75) is 6.04 Å². The van der Waals surface area contributed by atoms with E-state index >= 15 is 0 Å². The van der Waals surface area contributed by atoms with Gasteiger partial charge in [0.05, 0.1) is 6.04 Å². The van der Waals surface area contributed by atoms with E-state index in [1.54, 1.807) is 0 Å². The van der Waals surface area contributed by atoms with Crippen LogP contribution in [0, 0.1) is 0 Å². The second-order valence-corrected chi connectivity index (χ2v) is 7.41. The number of fused-ring (bicyclic) bond motifs is 1. The van der Waals surface area contributed by atoms with E-state index in [2.05, 4.69) is 32.4 Å². The van der Waals surface area contributed by atoms with E-state index < -0.39 is 0 Å². The first-order chi connectivity index (χ1) is 13.3. The van der Waals surface area contributed by atoms with E-state index in [4.69, 9.17) is 14.0 Å². The molecule has 8 nitrogen and oxygen atoms in total. The van der Waals surface area contributed by atoms with Crippen molar-refractivity contribution >= 4 is 11.3 Å². The predicted octanol–water partition coefficient (Wildman–Crippen LogP) is 2.21. The van der Waals surface area contributed by atoms with Crippen LogP contribution in [-0.4, -0.2) is 59.9 Å². The lowest BCUT2D eigenvalue weighted by atomic mass is 10.2. The quantitative estimate of drug-likeness (QED) is 0.735. The van der Waals surface area contributed by atoms with E-state index in [1.807, 2.05) is 23.6 Å². The number of aromatic nitrogens is 3. The Morgan fingerprint density at radius 3 is 2.96 bits per heavy atom. The molecule has 1 unspecified atom stereocenters. The van der Waals surface area contributed by atoms with Gasteiger partial charge < -0.3 is 19.3 Å². The highest BCUT2D eigenvalue weighted by Crippen LogP contribution is 2.36. The highest BCUT2D eigenvalue weighted by Gasteiger charge is 2.26. The third-order valence-electron chi connectivity index (χ3n) is 4.76. The Morgan fingerprint density at radius 1 is 1.19 bits per heavy atom. The predicted molar refractivity (Wildman–Crippen MR) is 100 cm³/mol. The summed E-state index contributed by atoms with van der Waals surface area (Å²) in [6, 6.07) is 5.98. The first-order valence-electron chi connectivity index (χ1n) is 8.88. The van der Waals surface area contributed by atoms with Crippen LogP contribution in [0.4, 0.5) is 0 Å². The molecule has 3 aromatic rings. The fourth-order valence-corrected chi connectivity index (χ4v) is 4.04. The fourth-order valence-electron chi connectivity index (χ4n) is 3.25. The van der Waals surface area contributed by atoms with Crippen molar-refractivity contribution in [1.82, 2.24) is 25.3 Å². The molecule has 1 fully saturated rings. The molecule has 1 aromatic carbocycles. The van der Waals surface area contributed by atoms with Crippen molar-refractivity contribution < 1.29 is 14.0 Å². The summed E-state index contributed by atoms with van der Waals surface area (Å²) in [5, 5.41) is 10.3. The van der Waals surface area contributed by atoms with Crippen LogP contribution in [0.5, 0.6) is 11.5 Å². The number of rotatable bonds is 3. The van der Waals surface area contributed by atoms with Crippen molar-refractivity contribution in [3.8, 4) is 33.7 Å². The lowest BCUT2D eigenvalue weighted by Crippen LogP contribution is -2.44. The number of benzene rings is 1. The lowest BCUT2D eigenvalue weighted by Gasteiger charge is -2.30. The standard InChI is InChI=1S/C18H19N5O3S/c1-23-5-4-19-9-13(23)16-21-17(26-22-16)12-10-27-18(20-12)11-2-3-14-15(8-11)25-7-6-24-14/h2-3,8,10,13,19H,4-7,9H2,1H3. The third-order valence-corrected chi connectivity index (χ3v) is 5.65. The van der Waals surface area contributed by atoms with Gasteiger partial charge in [0.2, 0.25) is 0 Å². The summed E-state index contributed by atoms with van der Waals surface area (Å²) in [7, 11) is 2.07. The molecule has 0 saturated carbocycles. The lowest BCUT2D eigenvalue weighted by molar-refractivity contribution is 0.171. The van der Waals surface area contributed by atoms with Crippen molar-refractivity contribution in [2.75, 3.05) is 39.9 Å². The maximum absolute atomic E-state index is 5.66. The van der Waals surface area contributed by atoms with Gasteiger partial charge in [0.15, 0.2) is 17.3 Å². The molecule has 140 valence electrons. The molecule has 2 aliphatic rings. The maximum Gasteiger partial charge on any atom is 0.277 e. The van der Waals surface area contributed by atoms with Crippen LogP contribution < -0.4 is 14.8 Å². The molecule has 1 atom stereocenters. The number of hydrogen-bond donors (Lipinski definition) is 1. The van der Waals surface area contributed by atoms with Gasteiger partial charge in [-0.15, -0.1) is 11.3 Å². The molecule has 0 amide bonds. The number of piperazine rings is 1. The molecular weight excluding hydrogens is 366 g/mol. The van der Waals surface area contributed by atoms with Gasteiger partial charge in [0, 0.05) is 30.6 Å². The first-order valence-corrected chi connectivity index (χ1v) is 9.76. The zero-order valence-corrected chi connectivity index (χ0v) is 15.7. The number of likely N-dealkylation sites (N-methyl/N-ethyl adjacent to an activating group) is 1. The molecule has 5 rings (SSSR count). The van der Waals surface area contributed by atoms with E-state index in [-0.39, 0.29) is 6.04 Å². The minimum Gasteiger partial charge on any atom is -0.486 e. The van der Waals surface area contributed by atoms with Crippen LogP contribution in [0.2, 0.25) is 0 Å². The second kappa shape index (κ2) is 6.91. The number of nitrogens with one attached hydrogen (secondary N) is 1. The summed E-state index contributed by atoms with van der Waals surface area (Å²) in [5.74, 6) is 2.66. The zero-order valence-electron chi connectivity index (χ0n) is 14.8. The molecule has 1 saturated heterocycles. The summed E-state index contributed by atoms with van der Waals surface area (Å²) in [5.41, 5.74) is 1.67. The Hall–Kier alpha value is -2.49. The third kappa shape index (κ3) is 3.18. The Kier molecular flexibility index (Phi) is 4.27. The van der Waals surface area contributed by atoms with Crippen LogP contribution in [-0.2, 0) is 0 Å². The Labute approximate surface area is 160 Å². The van der Waals surface area contributed by atoms with Gasteiger partial charge in [-0.2, -0.15) is 4.98 Å². The summed E-state index contributed by atoms with van der Waals surface area (Å²) in [6.45, 7) is 3.89. The Morgan fingerprint density at radius 2 is 2.07 bits per heavy atom. The van der Waals surface area contributed by atoms with Gasteiger partial charge in [-0.1, -0.05) is 5.16 Å². The van der Waals surface area contributed by atoms with E-state index in [1.165, 1.54) is 11.3 Å². The average Bonchev–Trinajstić information content (AvgIpc) is 3.38. The molecule has 0 radical (unpaired) electrons. The van der Waals surface area contributed by atoms with E-state index in [0.29, 0.717) is 30.6 Å². The average molecular weight is 385 g/mol. The molecule has 2 aromatic heterocycles. The highest BCUT2D eigenvalue weighted by atomic mass is 32.1. The minimum absolute atomic E-state index is 0.118. The second-order valence-electron chi connectivity index (χ2n) is 6.55. The van der Waals surface area contributed by atoms with E-state index in [0.717, 1.165) is 41.7 Å². The minimum atomic E-state index is 0.118. The molecule has 2 aliphatic heterocycles. The summed E-state index contributed by atoms with van der Waals surface area (Å²) < 4.78 is 16.7. The van der Waals surface area contributed by atoms with Crippen LogP contribution in [0.3, 0.4) is 0 Å². The number of thiazole rings is 1. The van der Waals surface area contributed by atoms with Crippen LogP contribution in [0.1, 0.15) is 11.9 Å². The van der Waals surface area contributed by atoms with Gasteiger partial charge in [-0.05, 0) is 25.2 Å². The molecule has 0 spiro atoms. The molecule has 0 aliphatic carbocycles. The smallest absolute Gasteiger partial charge is 0.277 e. The molecule has 0 bridgehead atoms. The van der Waals surface area contributed by atoms with Crippen LogP contribution >= 0.6 is 11.3 Å². The van der Waals surface area contributed by atoms with Crippen LogP contribution in [0.25, 0.3) is 22.2 Å². The van der Waals surface area contributed by atoms with Crippen molar-refractivity contribution in [3.05, 3.63) is 29.4 Å². The fraction of sp³-hybridized carbons (Fsp3) is 0.389. The normalized spacial score (nSPS) is 20.0. The summed E-state index contributed by atoms with van der Waals surface area (Å²) >= 11 is 1.54. The topological polar surface area (TPSA) is 85.5 Å². The van der Waals surface area contributed by atoms with Gasteiger partial charge in [0.25, 0.3) is 5.89 Å².